The van der Waals surface area contributed by atoms with Crippen molar-refractivity contribution in [2.45, 2.75) is 26.8 Å². The summed E-state index contributed by atoms with van der Waals surface area (Å²) in [7, 11) is 0. The molecule has 0 spiro atoms. The number of nitrogens with zero attached hydrogens (tertiary/aromatic N) is 2. The zero-order valence-corrected chi connectivity index (χ0v) is 10.2. The molecule has 0 aliphatic rings. The van der Waals surface area contributed by atoms with E-state index in [4.69, 9.17) is 0 Å². The Labute approximate surface area is 97.3 Å². The lowest BCUT2D eigenvalue weighted by Crippen LogP contribution is -2.28. The van der Waals surface area contributed by atoms with Crippen molar-refractivity contribution in [2.75, 3.05) is 5.32 Å². The van der Waals surface area contributed by atoms with Crippen molar-refractivity contribution in [3.63, 3.8) is 0 Å². The van der Waals surface area contributed by atoms with Crippen LogP contribution in [0.25, 0.3) is 0 Å². The molecule has 1 heterocycles. The molecule has 0 bridgehead atoms. The molecule has 1 aromatic rings. The number of hydrogen-bond acceptors (Lipinski definition) is 3. The lowest BCUT2D eigenvalue weighted by Gasteiger charge is -2.25. The quantitative estimate of drug-likeness (QED) is 0.770. The second-order valence-electron chi connectivity index (χ2n) is 4.30. The Balaban J connectivity index is 2.81. The molecule has 1 N–H and O–H groups in total. The number of nitrogens with one attached hydrogen (secondary N) is 1. The monoisotopic (exact) mass is 217 g/mol. The summed E-state index contributed by atoms with van der Waals surface area (Å²) in [6.45, 7) is 14.3. The minimum atomic E-state index is 0.170. The summed E-state index contributed by atoms with van der Waals surface area (Å²) in [6, 6.07) is 0.170. The van der Waals surface area contributed by atoms with E-state index in [1.807, 2.05) is 6.92 Å². The van der Waals surface area contributed by atoms with Gasteiger partial charge in [-0.2, -0.15) is 0 Å². The second-order valence-corrected chi connectivity index (χ2v) is 4.30. The van der Waals surface area contributed by atoms with Gasteiger partial charge in [0.1, 0.15) is 6.33 Å². The highest BCUT2D eigenvalue weighted by Gasteiger charge is 2.17. The predicted octanol–water partition coefficient (Wildman–Crippen LogP) is 3.05. The third-order valence-corrected chi connectivity index (χ3v) is 2.47. The first kappa shape index (κ1) is 12.4. The Kier molecular flexibility index (Phi) is 4.23. The summed E-state index contributed by atoms with van der Waals surface area (Å²) in [4.78, 5) is 7.95. The van der Waals surface area contributed by atoms with Gasteiger partial charge < -0.3 is 5.32 Å². The predicted molar refractivity (Wildman–Crippen MR) is 68.2 cm³/mol. The van der Waals surface area contributed by atoms with E-state index in [0.29, 0.717) is 5.92 Å². The molecule has 0 aliphatic carbocycles. The van der Waals surface area contributed by atoms with Gasteiger partial charge in [0.15, 0.2) is 0 Å². The van der Waals surface area contributed by atoms with Crippen LogP contribution in [-0.4, -0.2) is 16.0 Å². The van der Waals surface area contributed by atoms with Gasteiger partial charge in [0.05, 0.1) is 24.1 Å². The molecule has 3 nitrogen and oxygen atoms in total. The first-order valence-corrected chi connectivity index (χ1v) is 5.38. The first-order valence-electron chi connectivity index (χ1n) is 5.38. The molecule has 0 fully saturated rings. The smallest absolute Gasteiger partial charge is 0.115 e. The van der Waals surface area contributed by atoms with Crippen molar-refractivity contribution in [1.29, 1.82) is 0 Å². The van der Waals surface area contributed by atoms with Gasteiger partial charge in [-0.05, 0) is 18.4 Å². The lowest BCUT2D eigenvalue weighted by atomic mass is 9.93. The zero-order valence-electron chi connectivity index (χ0n) is 10.2. The van der Waals surface area contributed by atoms with Crippen LogP contribution in [0.2, 0.25) is 0 Å². The largest absolute Gasteiger partial charge is 0.375 e. The molecule has 0 amide bonds. The highest BCUT2D eigenvalue weighted by molar-refractivity contribution is 5.44. The van der Waals surface area contributed by atoms with Crippen molar-refractivity contribution in [2.24, 2.45) is 5.92 Å². The van der Waals surface area contributed by atoms with Gasteiger partial charge in [0.2, 0.25) is 0 Å². The van der Waals surface area contributed by atoms with Crippen LogP contribution in [0, 0.1) is 5.92 Å². The number of hydrogen-bond donors (Lipinski definition) is 1. The SMILES string of the molecule is C=C(C)C(=C)C(Nc1cncnc1)C(C)C. The Morgan fingerprint density at radius 1 is 1.25 bits per heavy atom. The molecule has 1 aromatic heterocycles. The van der Waals surface area contributed by atoms with Crippen LogP contribution >= 0.6 is 0 Å². The van der Waals surface area contributed by atoms with E-state index in [2.05, 4.69) is 42.3 Å². The van der Waals surface area contributed by atoms with Crippen molar-refractivity contribution in [3.8, 4) is 0 Å². The van der Waals surface area contributed by atoms with Crippen molar-refractivity contribution in [3.05, 3.63) is 43.0 Å². The fourth-order valence-corrected chi connectivity index (χ4v) is 1.47. The van der Waals surface area contributed by atoms with Gasteiger partial charge in [-0.3, -0.25) is 0 Å². The van der Waals surface area contributed by atoms with E-state index in [-0.39, 0.29) is 6.04 Å². The Hall–Kier alpha value is -1.64. The standard InChI is InChI=1S/C13H19N3/c1-9(2)11(5)13(10(3)4)16-12-6-14-8-15-7-12/h6-8,10,13,16H,1,5H2,2-4H3. The van der Waals surface area contributed by atoms with E-state index < -0.39 is 0 Å². The average Bonchev–Trinajstić information content (AvgIpc) is 2.26. The van der Waals surface area contributed by atoms with E-state index >= 15 is 0 Å². The molecular weight excluding hydrogens is 198 g/mol. The fourth-order valence-electron chi connectivity index (χ4n) is 1.47. The summed E-state index contributed by atoms with van der Waals surface area (Å²) in [5, 5.41) is 3.37. The summed E-state index contributed by atoms with van der Waals surface area (Å²) < 4.78 is 0. The fraction of sp³-hybridized carbons (Fsp3) is 0.385. The highest BCUT2D eigenvalue weighted by atomic mass is 15.0. The maximum atomic E-state index is 4.07. The summed E-state index contributed by atoms with van der Waals surface area (Å²) in [5.41, 5.74) is 2.94. The molecule has 1 atom stereocenters. The Morgan fingerprint density at radius 3 is 2.25 bits per heavy atom. The van der Waals surface area contributed by atoms with E-state index in [1.54, 1.807) is 12.4 Å². The average molecular weight is 217 g/mol. The molecule has 0 saturated heterocycles. The number of aromatic nitrogens is 2. The van der Waals surface area contributed by atoms with Gasteiger partial charge >= 0.3 is 0 Å². The van der Waals surface area contributed by atoms with Crippen LogP contribution in [0.15, 0.2) is 43.0 Å². The summed E-state index contributed by atoms with van der Waals surface area (Å²) >= 11 is 0. The second kappa shape index (κ2) is 5.45. The molecule has 1 rings (SSSR count). The van der Waals surface area contributed by atoms with Crippen molar-refractivity contribution in [1.82, 2.24) is 9.97 Å². The van der Waals surface area contributed by atoms with Crippen LogP contribution in [-0.2, 0) is 0 Å². The van der Waals surface area contributed by atoms with Gasteiger partial charge in [0.25, 0.3) is 0 Å². The first-order chi connectivity index (χ1) is 7.52. The van der Waals surface area contributed by atoms with E-state index in [9.17, 15) is 0 Å². The minimum Gasteiger partial charge on any atom is -0.375 e. The maximum absolute atomic E-state index is 4.07. The topological polar surface area (TPSA) is 37.8 Å². The molecule has 3 heteroatoms. The maximum Gasteiger partial charge on any atom is 0.115 e. The lowest BCUT2D eigenvalue weighted by molar-refractivity contribution is 0.583. The molecule has 0 aromatic carbocycles. The third kappa shape index (κ3) is 3.19. The van der Waals surface area contributed by atoms with Crippen LogP contribution in [0.3, 0.4) is 0 Å². The van der Waals surface area contributed by atoms with Gasteiger partial charge in [-0.25, -0.2) is 9.97 Å². The molecule has 0 radical (unpaired) electrons. The number of rotatable bonds is 5. The van der Waals surface area contributed by atoms with Crippen molar-refractivity contribution >= 4 is 5.69 Å². The molecule has 0 aliphatic heterocycles. The molecular formula is C13H19N3. The van der Waals surface area contributed by atoms with Gasteiger partial charge in [-0.1, -0.05) is 32.6 Å². The van der Waals surface area contributed by atoms with Crippen LogP contribution < -0.4 is 5.32 Å². The highest BCUT2D eigenvalue weighted by Crippen LogP contribution is 2.20. The normalized spacial score (nSPS) is 12.2. The molecule has 0 saturated carbocycles. The summed E-state index contributed by atoms with van der Waals surface area (Å²) in [5.74, 6) is 0.435. The molecule has 1 unspecified atom stereocenters. The van der Waals surface area contributed by atoms with E-state index in [0.717, 1.165) is 16.8 Å². The van der Waals surface area contributed by atoms with Crippen molar-refractivity contribution < 1.29 is 0 Å². The van der Waals surface area contributed by atoms with Gasteiger partial charge in [0, 0.05) is 0 Å². The van der Waals surface area contributed by atoms with Gasteiger partial charge in [-0.15, -0.1) is 0 Å². The Bertz CT molecular complexity index is 368. The number of anilines is 1. The summed E-state index contributed by atoms with van der Waals surface area (Å²) in [6.07, 6.45) is 5.03. The Morgan fingerprint density at radius 2 is 1.81 bits per heavy atom. The third-order valence-electron chi connectivity index (χ3n) is 2.47. The molecule has 16 heavy (non-hydrogen) atoms. The molecule has 86 valence electrons. The van der Waals surface area contributed by atoms with E-state index in [1.165, 1.54) is 6.33 Å². The van der Waals surface area contributed by atoms with Crippen LogP contribution in [0.5, 0.6) is 0 Å². The minimum absolute atomic E-state index is 0.170. The van der Waals surface area contributed by atoms with Crippen LogP contribution in [0.4, 0.5) is 5.69 Å². The zero-order chi connectivity index (χ0) is 12.1. The van der Waals surface area contributed by atoms with Crippen LogP contribution in [0.1, 0.15) is 20.8 Å².